The minimum atomic E-state index is -0.913. The molecule has 0 spiro atoms. The van der Waals surface area contributed by atoms with Crippen LogP contribution in [-0.2, 0) is 30.3 Å². The van der Waals surface area contributed by atoms with Gasteiger partial charge in [-0.1, -0.05) is 65.2 Å². The number of unbranched alkanes of at least 4 members (excludes halogenated alkanes) is 1. The fourth-order valence-electron chi connectivity index (χ4n) is 4.79. The second kappa shape index (κ2) is 13.4. The van der Waals surface area contributed by atoms with Gasteiger partial charge in [0.05, 0.1) is 6.42 Å². The highest BCUT2D eigenvalue weighted by atomic mass is 16.5. The van der Waals surface area contributed by atoms with E-state index in [2.05, 4.69) is 27.9 Å². The number of hydrogen-bond donors (Lipinski definition) is 4. The average Bonchev–Trinajstić information content (AvgIpc) is 3.31. The molecule has 1 aliphatic rings. The Morgan fingerprint density at radius 1 is 0.974 bits per heavy atom. The maximum absolute atomic E-state index is 13.4. The molecule has 1 aromatic heterocycles. The van der Waals surface area contributed by atoms with Crippen molar-refractivity contribution in [2.75, 3.05) is 0 Å². The number of H-pyrrole nitrogens is 1. The maximum Gasteiger partial charge on any atom is 0.329 e. The van der Waals surface area contributed by atoms with Crippen molar-refractivity contribution in [3.63, 3.8) is 0 Å². The Labute approximate surface area is 224 Å². The smallest absolute Gasteiger partial charge is 0.329 e. The summed E-state index contributed by atoms with van der Waals surface area (Å²) in [6.07, 6.45) is 4.68. The molecule has 0 bridgehead atoms. The number of amides is 3. The highest BCUT2D eigenvalue weighted by molar-refractivity contribution is 5.94. The fraction of sp³-hybridized carbons (Fsp3) is 0.586. The van der Waals surface area contributed by atoms with Crippen LogP contribution in [0.15, 0.2) is 30.5 Å². The summed E-state index contributed by atoms with van der Waals surface area (Å²) in [7, 11) is 0. The number of aromatic nitrogens is 1. The molecular weight excluding hydrogens is 484 g/mol. The predicted octanol–water partition coefficient (Wildman–Crippen LogP) is 3.37. The Morgan fingerprint density at radius 2 is 1.71 bits per heavy atom. The number of para-hydroxylation sites is 1. The first-order chi connectivity index (χ1) is 18.1. The monoisotopic (exact) mass is 526 g/mol. The molecule has 0 saturated carbocycles. The van der Waals surface area contributed by atoms with Gasteiger partial charge in [-0.15, -0.1) is 0 Å². The average molecular weight is 527 g/mol. The second-order valence-electron chi connectivity index (χ2n) is 10.6. The molecule has 0 aliphatic carbocycles. The van der Waals surface area contributed by atoms with E-state index in [0.29, 0.717) is 6.42 Å². The largest absolute Gasteiger partial charge is 0.460 e. The molecule has 208 valence electrons. The summed E-state index contributed by atoms with van der Waals surface area (Å²) < 4.78 is 5.91. The topological polar surface area (TPSA) is 129 Å². The SMILES string of the molecule is CCCC[C@H](C)[C@H]1CC(=O)N[C@@H](Cc2c[nH]c3ccccc23)C(=O)N[C@@H](C)C(=O)N[C@H]([C@@H](C)CC)C(=O)O1. The summed E-state index contributed by atoms with van der Waals surface area (Å²) >= 11 is 0. The summed E-state index contributed by atoms with van der Waals surface area (Å²) in [5.74, 6) is -2.13. The molecule has 6 atom stereocenters. The second-order valence-corrected chi connectivity index (χ2v) is 10.6. The molecule has 0 radical (unpaired) electrons. The van der Waals surface area contributed by atoms with Crippen molar-refractivity contribution in [1.29, 1.82) is 0 Å². The van der Waals surface area contributed by atoms with Crippen molar-refractivity contribution in [2.24, 2.45) is 11.8 Å². The normalized spacial score (nSPS) is 25.2. The molecule has 4 N–H and O–H groups in total. The van der Waals surface area contributed by atoms with Crippen molar-refractivity contribution in [3.8, 4) is 0 Å². The molecule has 9 nitrogen and oxygen atoms in total. The lowest BCUT2D eigenvalue weighted by Crippen LogP contribution is -2.55. The van der Waals surface area contributed by atoms with Gasteiger partial charge in [0.15, 0.2) is 0 Å². The molecule has 9 heteroatoms. The number of aromatic amines is 1. The molecule has 38 heavy (non-hydrogen) atoms. The van der Waals surface area contributed by atoms with Crippen LogP contribution in [0.5, 0.6) is 0 Å². The number of carbonyl (C=O) groups is 4. The third-order valence-electron chi connectivity index (χ3n) is 7.57. The summed E-state index contributed by atoms with van der Waals surface area (Å²) in [4.78, 5) is 56.1. The first-order valence-corrected chi connectivity index (χ1v) is 13.8. The van der Waals surface area contributed by atoms with E-state index < -0.39 is 42.0 Å². The minimum Gasteiger partial charge on any atom is -0.460 e. The Morgan fingerprint density at radius 3 is 2.42 bits per heavy atom. The predicted molar refractivity (Wildman–Crippen MR) is 146 cm³/mol. The van der Waals surface area contributed by atoms with Crippen LogP contribution in [0.2, 0.25) is 0 Å². The van der Waals surface area contributed by atoms with Gasteiger partial charge < -0.3 is 25.7 Å². The number of cyclic esters (lactones) is 1. The van der Waals surface area contributed by atoms with Crippen LogP contribution in [0.4, 0.5) is 0 Å². The van der Waals surface area contributed by atoms with Gasteiger partial charge in [0.2, 0.25) is 17.7 Å². The van der Waals surface area contributed by atoms with Crippen molar-refractivity contribution < 1.29 is 23.9 Å². The van der Waals surface area contributed by atoms with Crippen LogP contribution < -0.4 is 16.0 Å². The summed E-state index contributed by atoms with van der Waals surface area (Å²) in [6, 6.07) is 5.03. The molecule has 0 unspecified atom stereocenters. The molecule has 2 heterocycles. The van der Waals surface area contributed by atoms with Crippen molar-refractivity contribution in [1.82, 2.24) is 20.9 Å². The van der Waals surface area contributed by atoms with Crippen molar-refractivity contribution in [2.45, 2.75) is 97.4 Å². The van der Waals surface area contributed by atoms with Gasteiger partial charge in [-0.2, -0.15) is 0 Å². The van der Waals surface area contributed by atoms with Crippen LogP contribution >= 0.6 is 0 Å². The quantitative estimate of drug-likeness (QED) is 0.392. The highest BCUT2D eigenvalue weighted by Gasteiger charge is 2.35. The number of carbonyl (C=O) groups excluding carboxylic acids is 4. The Balaban J connectivity index is 1.93. The van der Waals surface area contributed by atoms with Crippen LogP contribution in [0, 0.1) is 11.8 Å². The lowest BCUT2D eigenvalue weighted by Gasteiger charge is -2.29. The molecule has 2 aromatic rings. The van der Waals surface area contributed by atoms with Crippen molar-refractivity contribution >= 4 is 34.6 Å². The van der Waals surface area contributed by atoms with Gasteiger partial charge in [0.1, 0.15) is 24.2 Å². The van der Waals surface area contributed by atoms with E-state index in [9.17, 15) is 19.2 Å². The number of nitrogens with one attached hydrogen (secondary N) is 4. The molecule has 1 saturated heterocycles. The summed E-state index contributed by atoms with van der Waals surface area (Å²) in [6.45, 7) is 9.41. The highest BCUT2D eigenvalue weighted by Crippen LogP contribution is 2.22. The Kier molecular flexibility index (Phi) is 10.3. The maximum atomic E-state index is 13.4. The van der Waals surface area contributed by atoms with Crippen LogP contribution in [0.25, 0.3) is 10.9 Å². The van der Waals surface area contributed by atoms with E-state index in [4.69, 9.17) is 4.74 Å². The van der Waals surface area contributed by atoms with Gasteiger partial charge in [-0.3, -0.25) is 14.4 Å². The molecular formula is C29H42N4O5. The minimum absolute atomic E-state index is 0.0645. The van der Waals surface area contributed by atoms with Crippen LogP contribution in [-0.4, -0.2) is 52.9 Å². The van der Waals surface area contributed by atoms with E-state index in [1.165, 1.54) is 0 Å². The van der Waals surface area contributed by atoms with E-state index >= 15 is 0 Å². The van der Waals surface area contributed by atoms with Crippen LogP contribution in [0.3, 0.4) is 0 Å². The summed E-state index contributed by atoms with van der Waals surface area (Å²) in [5.41, 5.74) is 1.80. The van der Waals surface area contributed by atoms with Crippen LogP contribution in [0.1, 0.15) is 72.3 Å². The third kappa shape index (κ3) is 7.36. The molecule has 1 aliphatic heterocycles. The van der Waals surface area contributed by atoms with Gasteiger partial charge >= 0.3 is 5.97 Å². The zero-order valence-corrected chi connectivity index (χ0v) is 23.1. The third-order valence-corrected chi connectivity index (χ3v) is 7.57. The lowest BCUT2D eigenvalue weighted by molar-refractivity contribution is -0.158. The van der Waals surface area contributed by atoms with Gasteiger partial charge in [0, 0.05) is 23.5 Å². The standard InChI is InChI=1S/C29H42N4O5/c1-6-8-11-18(4)24-15-25(34)32-23(14-20-16-30-22-13-10-9-12-21(20)22)28(36)31-19(5)27(35)33-26(17(3)7-2)29(37)38-24/h9-10,12-13,16-19,23-24,26,30H,6-8,11,14-15H2,1-5H3,(H,31,36)(H,32,34)(H,33,35)/t17-,18-,19-,23-,24+,26+/m0/s1. The fourth-order valence-corrected chi connectivity index (χ4v) is 4.79. The van der Waals surface area contributed by atoms with Crippen molar-refractivity contribution in [3.05, 3.63) is 36.0 Å². The van der Waals surface area contributed by atoms with E-state index in [0.717, 1.165) is 35.7 Å². The zero-order chi connectivity index (χ0) is 27.8. The van der Waals surface area contributed by atoms with E-state index in [1.54, 1.807) is 6.92 Å². The first-order valence-electron chi connectivity index (χ1n) is 13.8. The van der Waals surface area contributed by atoms with Gasteiger partial charge in [-0.25, -0.2) is 4.79 Å². The number of esters is 1. The molecule has 3 rings (SSSR count). The number of benzene rings is 1. The Bertz CT molecular complexity index is 1130. The number of rotatable bonds is 8. The first kappa shape index (κ1) is 29.2. The Hall–Kier alpha value is -3.36. The number of hydrogen-bond acceptors (Lipinski definition) is 5. The van der Waals surface area contributed by atoms with Gasteiger partial charge in [-0.05, 0) is 36.8 Å². The van der Waals surface area contributed by atoms with E-state index in [1.807, 2.05) is 51.2 Å². The lowest BCUT2D eigenvalue weighted by atomic mass is 9.94. The molecule has 1 fully saturated rings. The molecule has 3 amide bonds. The number of fused-ring (bicyclic) bond motifs is 1. The molecule has 1 aromatic carbocycles. The van der Waals surface area contributed by atoms with E-state index in [-0.39, 0.29) is 30.6 Å². The van der Waals surface area contributed by atoms with Gasteiger partial charge in [0.25, 0.3) is 0 Å². The number of ether oxygens (including phenoxy) is 1. The summed E-state index contributed by atoms with van der Waals surface area (Å²) in [5, 5.41) is 9.33. The zero-order valence-electron chi connectivity index (χ0n) is 23.1.